The van der Waals surface area contributed by atoms with Gasteiger partial charge in [0.2, 0.25) is 5.91 Å². The second kappa shape index (κ2) is 6.46. The fourth-order valence-corrected chi connectivity index (χ4v) is 1.02. The average Bonchev–Trinajstić information content (AvgIpc) is 2.16. The fourth-order valence-electron chi connectivity index (χ4n) is 1.02. The molecule has 0 spiro atoms. The van der Waals surface area contributed by atoms with E-state index in [1.807, 2.05) is 13.8 Å². The molecule has 0 atom stereocenters. The van der Waals surface area contributed by atoms with E-state index in [1.54, 1.807) is 4.90 Å². The van der Waals surface area contributed by atoms with Crippen molar-refractivity contribution in [3.8, 4) is 0 Å². The van der Waals surface area contributed by atoms with Gasteiger partial charge in [0, 0.05) is 19.5 Å². The maximum Gasteiger partial charge on any atom is 0.306 e. The minimum absolute atomic E-state index is 0.0181. The molecule has 1 amide bonds. The second-order valence-corrected chi connectivity index (χ2v) is 2.58. The Hall–Kier alpha value is -1.06. The van der Waals surface area contributed by atoms with Gasteiger partial charge >= 0.3 is 5.97 Å². The maximum absolute atomic E-state index is 11.3. The minimum Gasteiger partial charge on any atom is -0.462 e. The van der Waals surface area contributed by atoms with Crippen LogP contribution in [0.2, 0.25) is 0 Å². The van der Waals surface area contributed by atoms with E-state index in [-0.39, 0.29) is 18.7 Å². The summed E-state index contributed by atoms with van der Waals surface area (Å²) in [5, 5.41) is 0. The molecule has 0 N–H and O–H groups in total. The highest BCUT2D eigenvalue weighted by atomic mass is 16.5. The number of esters is 1. The first-order valence-corrected chi connectivity index (χ1v) is 4.38. The molecule has 75 valence electrons. The molecule has 4 nitrogen and oxygen atoms in total. The number of nitrogens with zero attached hydrogens (tertiary/aromatic N) is 1. The van der Waals surface area contributed by atoms with Gasteiger partial charge in [-0.25, -0.2) is 0 Å². The molecular weight excluding hydrogens is 170 g/mol. The molecule has 0 aromatic rings. The van der Waals surface area contributed by atoms with Crippen molar-refractivity contribution in [2.75, 3.05) is 13.1 Å². The molecule has 0 rings (SSSR count). The smallest absolute Gasteiger partial charge is 0.306 e. The number of carbonyl (C=O) groups excluding carboxylic acids is 2. The van der Waals surface area contributed by atoms with Gasteiger partial charge in [-0.1, -0.05) is 0 Å². The van der Waals surface area contributed by atoms with Crippen molar-refractivity contribution in [2.24, 2.45) is 0 Å². The van der Waals surface area contributed by atoms with Crippen LogP contribution in [0, 0.1) is 7.11 Å². The number of hydrogen-bond acceptors (Lipinski definition) is 3. The lowest BCUT2D eigenvalue weighted by molar-refractivity contribution is -0.141. The molecule has 0 saturated heterocycles. The van der Waals surface area contributed by atoms with Crippen LogP contribution in [0.15, 0.2) is 0 Å². The van der Waals surface area contributed by atoms with E-state index < -0.39 is 5.97 Å². The first-order chi connectivity index (χ1) is 6.15. The molecule has 0 saturated carbocycles. The molecule has 0 unspecified atom stereocenters. The van der Waals surface area contributed by atoms with Crippen molar-refractivity contribution < 1.29 is 14.3 Å². The Labute approximate surface area is 78.9 Å². The SMILES string of the molecule is [CH2]OC(=O)CCC(=O)N(CC)CC. The van der Waals surface area contributed by atoms with Crippen LogP contribution in [-0.2, 0) is 14.3 Å². The highest BCUT2D eigenvalue weighted by Crippen LogP contribution is 1.98. The first-order valence-electron chi connectivity index (χ1n) is 4.38. The van der Waals surface area contributed by atoms with Crippen LogP contribution in [0.5, 0.6) is 0 Å². The van der Waals surface area contributed by atoms with Gasteiger partial charge in [-0.3, -0.25) is 9.59 Å². The molecule has 0 heterocycles. The maximum atomic E-state index is 11.3. The van der Waals surface area contributed by atoms with E-state index in [2.05, 4.69) is 11.8 Å². The topological polar surface area (TPSA) is 46.6 Å². The third-order valence-corrected chi connectivity index (χ3v) is 1.82. The lowest BCUT2D eigenvalue weighted by Crippen LogP contribution is -2.30. The normalized spacial score (nSPS) is 9.46. The third-order valence-electron chi connectivity index (χ3n) is 1.82. The molecule has 1 radical (unpaired) electrons. The van der Waals surface area contributed by atoms with Gasteiger partial charge in [0.1, 0.15) is 7.11 Å². The van der Waals surface area contributed by atoms with Gasteiger partial charge in [-0.05, 0) is 13.8 Å². The quantitative estimate of drug-likeness (QED) is 0.601. The Kier molecular flexibility index (Phi) is 5.93. The summed E-state index contributed by atoms with van der Waals surface area (Å²) in [6, 6.07) is 0. The molecule has 13 heavy (non-hydrogen) atoms. The Morgan fingerprint density at radius 1 is 1.23 bits per heavy atom. The number of rotatable bonds is 5. The predicted molar refractivity (Wildman–Crippen MR) is 48.6 cm³/mol. The Morgan fingerprint density at radius 3 is 2.15 bits per heavy atom. The van der Waals surface area contributed by atoms with Crippen LogP contribution in [0.1, 0.15) is 26.7 Å². The van der Waals surface area contributed by atoms with Gasteiger partial charge in [0.25, 0.3) is 0 Å². The number of carbonyl (C=O) groups is 2. The minimum atomic E-state index is -0.444. The van der Waals surface area contributed by atoms with E-state index in [0.717, 1.165) is 0 Å². The van der Waals surface area contributed by atoms with Crippen LogP contribution in [0.3, 0.4) is 0 Å². The molecule has 0 fully saturated rings. The summed E-state index contributed by atoms with van der Waals surface area (Å²) >= 11 is 0. The summed E-state index contributed by atoms with van der Waals surface area (Å²) < 4.78 is 4.19. The largest absolute Gasteiger partial charge is 0.462 e. The van der Waals surface area contributed by atoms with Crippen LogP contribution in [0.25, 0.3) is 0 Å². The van der Waals surface area contributed by atoms with Gasteiger partial charge in [0.05, 0.1) is 6.42 Å². The van der Waals surface area contributed by atoms with Gasteiger partial charge in [0.15, 0.2) is 0 Å². The van der Waals surface area contributed by atoms with E-state index >= 15 is 0 Å². The zero-order valence-corrected chi connectivity index (χ0v) is 8.21. The third kappa shape index (κ3) is 4.50. The van der Waals surface area contributed by atoms with Gasteiger partial charge < -0.3 is 9.64 Å². The Bertz CT molecular complexity index is 176. The van der Waals surface area contributed by atoms with Crippen molar-refractivity contribution in [1.29, 1.82) is 0 Å². The highest BCUT2D eigenvalue weighted by molar-refractivity contribution is 5.81. The predicted octanol–water partition coefficient (Wildman–Crippen LogP) is 0.970. The Morgan fingerprint density at radius 2 is 1.77 bits per heavy atom. The average molecular weight is 186 g/mol. The lowest BCUT2D eigenvalue weighted by atomic mass is 10.3. The molecule has 0 aliphatic carbocycles. The molecule has 4 heteroatoms. The van der Waals surface area contributed by atoms with Crippen LogP contribution in [0.4, 0.5) is 0 Å². The molecule has 0 aromatic carbocycles. The van der Waals surface area contributed by atoms with E-state index in [9.17, 15) is 9.59 Å². The number of hydrogen-bond donors (Lipinski definition) is 0. The molecule has 0 aromatic heterocycles. The molecule has 0 aliphatic rings. The van der Waals surface area contributed by atoms with E-state index in [4.69, 9.17) is 0 Å². The van der Waals surface area contributed by atoms with E-state index in [1.165, 1.54) is 0 Å². The van der Waals surface area contributed by atoms with Crippen molar-refractivity contribution in [3.63, 3.8) is 0 Å². The van der Waals surface area contributed by atoms with Gasteiger partial charge in [-0.2, -0.15) is 0 Å². The Balaban J connectivity index is 3.79. The molecular formula is C9H16NO3. The molecule has 0 aliphatic heterocycles. The number of amides is 1. The molecule has 0 bridgehead atoms. The zero-order valence-electron chi connectivity index (χ0n) is 8.21. The monoisotopic (exact) mass is 186 g/mol. The van der Waals surface area contributed by atoms with Crippen molar-refractivity contribution >= 4 is 11.9 Å². The van der Waals surface area contributed by atoms with Crippen molar-refractivity contribution in [3.05, 3.63) is 7.11 Å². The van der Waals surface area contributed by atoms with E-state index in [0.29, 0.717) is 13.1 Å². The summed E-state index contributed by atoms with van der Waals surface area (Å²) in [5.41, 5.74) is 0. The van der Waals surface area contributed by atoms with Crippen LogP contribution in [-0.4, -0.2) is 29.9 Å². The summed E-state index contributed by atoms with van der Waals surface area (Å²) in [5.74, 6) is -0.462. The van der Waals surface area contributed by atoms with Gasteiger partial charge in [-0.15, -0.1) is 0 Å². The zero-order chi connectivity index (χ0) is 10.3. The van der Waals surface area contributed by atoms with Crippen LogP contribution >= 0.6 is 0 Å². The van der Waals surface area contributed by atoms with Crippen molar-refractivity contribution in [2.45, 2.75) is 26.7 Å². The van der Waals surface area contributed by atoms with Crippen LogP contribution < -0.4 is 0 Å². The van der Waals surface area contributed by atoms with Crippen molar-refractivity contribution in [1.82, 2.24) is 4.90 Å². The second-order valence-electron chi connectivity index (χ2n) is 2.58. The lowest BCUT2D eigenvalue weighted by Gasteiger charge is -2.17. The summed E-state index contributed by atoms with van der Waals surface area (Å²) in [6.07, 6.45) is 0.314. The number of ether oxygens (including phenoxy) is 1. The summed E-state index contributed by atoms with van der Waals surface area (Å²) in [7, 11) is 2.97. The summed E-state index contributed by atoms with van der Waals surface area (Å²) in [6.45, 7) is 5.16. The first kappa shape index (κ1) is 11.9. The summed E-state index contributed by atoms with van der Waals surface area (Å²) in [4.78, 5) is 23.7. The standard InChI is InChI=1S/C9H16NO3/c1-4-10(5-2)8(11)6-7-9(12)13-3/h3-7H2,1-2H3. The fraction of sp³-hybridized carbons (Fsp3) is 0.667. The highest BCUT2D eigenvalue weighted by Gasteiger charge is 2.11.